The lowest BCUT2D eigenvalue weighted by molar-refractivity contribution is 0.273. The quantitative estimate of drug-likeness (QED) is 0.891. The predicted octanol–water partition coefficient (Wildman–Crippen LogP) is 2.48. The van der Waals surface area contributed by atoms with Gasteiger partial charge in [0.15, 0.2) is 0 Å². The van der Waals surface area contributed by atoms with Crippen LogP contribution in [0.25, 0.3) is 0 Å². The average Bonchev–Trinajstić information content (AvgIpc) is 2.10. The van der Waals surface area contributed by atoms with Gasteiger partial charge in [0.1, 0.15) is 11.6 Å². The smallest absolute Gasteiger partial charge is 0.134 e. The van der Waals surface area contributed by atoms with Gasteiger partial charge in [-0.3, -0.25) is 0 Å². The van der Waals surface area contributed by atoms with Crippen molar-refractivity contribution in [2.75, 3.05) is 6.61 Å². The Labute approximate surface area is 84.5 Å². The van der Waals surface area contributed by atoms with Crippen LogP contribution in [0.2, 0.25) is 0 Å². The van der Waals surface area contributed by atoms with E-state index in [-0.39, 0.29) is 12.2 Å². The fraction of sp³-hybridized carbons (Fsp3) is 0.333. The van der Waals surface area contributed by atoms with Crippen LogP contribution < -0.4 is 4.74 Å². The second-order valence-electron chi connectivity index (χ2n) is 2.47. The van der Waals surface area contributed by atoms with E-state index in [1.54, 1.807) is 0 Å². The van der Waals surface area contributed by atoms with E-state index in [0.29, 0.717) is 16.8 Å². The molecule has 0 unspecified atom stereocenters. The molecule has 0 aliphatic heterocycles. The molecule has 0 aliphatic carbocycles. The van der Waals surface area contributed by atoms with Crippen LogP contribution in [-0.2, 0) is 6.61 Å². The van der Waals surface area contributed by atoms with Crippen LogP contribution >= 0.6 is 15.9 Å². The maximum atomic E-state index is 13.0. The molecular weight excluding hydrogens is 239 g/mol. The van der Waals surface area contributed by atoms with Gasteiger partial charge in [-0.15, -0.1) is 0 Å². The summed E-state index contributed by atoms with van der Waals surface area (Å²) in [4.78, 5) is 0. The van der Waals surface area contributed by atoms with Crippen molar-refractivity contribution in [3.63, 3.8) is 0 Å². The molecule has 1 aromatic carbocycles. The van der Waals surface area contributed by atoms with Gasteiger partial charge in [0.05, 0.1) is 17.7 Å². The number of hydrogen-bond acceptors (Lipinski definition) is 2. The Kier molecular flexibility index (Phi) is 3.69. The second kappa shape index (κ2) is 4.58. The molecule has 1 aromatic rings. The highest BCUT2D eigenvalue weighted by Crippen LogP contribution is 2.28. The van der Waals surface area contributed by atoms with Crippen molar-refractivity contribution in [3.8, 4) is 5.75 Å². The third-order valence-electron chi connectivity index (χ3n) is 1.57. The van der Waals surface area contributed by atoms with Gasteiger partial charge in [0, 0.05) is 5.56 Å². The Morgan fingerprint density at radius 1 is 1.54 bits per heavy atom. The molecule has 0 heterocycles. The van der Waals surface area contributed by atoms with Crippen LogP contribution in [0.15, 0.2) is 16.6 Å². The Balaban J connectivity index is 3.06. The van der Waals surface area contributed by atoms with Crippen LogP contribution in [0.1, 0.15) is 12.5 Å². The van der Waals surface area contributed by atoms with Gasteiger partial charge in [-0.1, -0.05) is 0 Å². The van der Waals surface area contributed by atoms with Gasteiger partial charge in [0.25, 0.3) is 0 Å². The largest absolute Gasteiger partial charge is 0.493 e. The number of benzene rings is 1. The first kappa shape index (κ1) is 10.5. The lowest BCUT2D eigenvalue weighted by Crippen LogP contribution is -1.96. The molecule has 1 N–H and O–H groups in total. The molecule has 0 amide bonds. The van der Waals surface area contributed by atoms with Crippen molar-refractivity contribution < 1.29 is 14.2 Å². The van der Waals surface area contributed by atoms with Crippen molar-refractivity contribution in [2.45, 2.75) is 13.5 Å². The normalized spacial score (nSPS) is 10.2. The van der Waals surface area contributed by atoms with Gasteiger partial charge in [0.2, 0.25) is 0 Å². The van der Waals surface area contributed by atoms with Gasteiger partial charge >= 0.3 is 0 Å². The molecule has 1 rings (SSSR count). The molecule has 0 radical (unpaired) electrons. The number of aliphatic hydroxyl groups is 1. The maximum absolute atomic E-state index is 13.0. The highest BCUT2D eigenvalue weighted by Gasteiger charge is 2.07. The molecule has 0 saturated carbocycles. The van der Waals surface area contributed by atoms with Crippen LogP contribution in [0.3, 0.4) is 0 Å². The maximum Gasteiger partial charge on any atom is 0.134 e. The van der Waals surface area contributed by atoms with E-state index in [9.17, 15) is 4.39 Å². The van der Waals surface area contributed by atoms with E-state index in [2.05, 4.69) is 15.9 Å². The molecule has 0 saturated heterocycles. The summed E-state index contributed by atoms with van der Waals surface area (Å²) >= 11 is 3.16. The van der Waals surface area contributed by atoms with E-state index < -0.39 is 5.82 Å². The standard InChI is InChI=1S/C9H10BrFO2/c1-2-13-9-3-6(5-12)8(11)4-7(9)10/h3-4,12H,2,5H2,1H3. The Morgan fingerprint density at radius 2 is 2.23 bits per heavy atom. The number of halogens is 2. The van der Waals surface area contributed by atoms with E-state index >= 15 is 0 Å². The van der Waals surface area contributed by atoms with Gasteiger partial charge in [-0.2, -0.15) is 0 Å². The van der Waals surface area contributed by atoms with Crippen LogP contribution in [0, 0.1) is 5.82 Å². The van der Waals surface area contributed by atoms with Crippen LogP contribution in [0.5, 0.6) is 5.75 Å². The molecule has 0 aliphatic rings. The highest BCUT2D eigenvalue weighted by atomic mass is 79.9. The molecule has 0 bridgehead atoms. The minimum absolute atomic E-state index is 0.242. The molecule has 2 nitrogen and oxygen atoms in total. The lowest BCUT2D eigenvalue weighted by atomic mass is 10.2. The van der Waals surface area contributed by atoms with Crippen molar-refractivity contribution in [2.24, 2.45) is 0 Å². The fourth-order valence-electron chi connectivity index (χ4n) is 0.958. The first-order valence-electron chi connectivity index (χ1n) is 3.90. The molecule has 0 fully saturated rings. The Bertz CT molecular complexity index is 302. The van der Waals surface area contributed by atoms with Crippen molar-refractivity contribution in [1.29, 1.82) is 0 Å². The summed E-state index contributed by atoms with van der Waals surface area (Å²) in [5.41, 5.74) is 0.242. The third kappa shape index (κ3) is 2.42. The molecule has 72 valence electrons. The fourth-order valence-corrected chi connectivity index (χ4v) is 1.39. The zero-order chi connectivity index (χ0) is 9.84. The predicted molar refractivity (Wildman–Crippen MR) is 51.2 cm³/mol. The zero-order valence-corrected chi connectivity index (χ0v) is 8.77. The second-order valence-corrected chi connectivity index (χ2v) is 3.32. The van der Waals surface area contributed by atoms with Crippen LogP contribution in [0.4, 0.5) is 4.39 Å². The van der Waals surface area contributed by atoms with Crippen molar-refractivity contribution in [3.05, 3.63) is 28.0 Å². The molecule has 0 aromatic heterocycles. The van der Waals surface area contributed by atoms with E-state index in [0.717, 1.165) is 0 Å². The summed E-state index contributed by atoms with van der Waals surface area (Å²) < 4.78 is 18.8. The minimum Gasteiger partial charge on any atom is -0.493 e. The SMILES string of the molecule is CCOc1cc(CO)c(F)cc1Br. The van der Waals surface area contributed by atoms with E-state index in [4.69, 9.17) is 9.84 Å². The molecular formula is C9H10BrFO2. The number of aliphatic hydroxyl groups excluding tert-OH is 1. The molecule has 13 heavy (non-hydrogen) atoms. The lowest BCUT2D eigenvalue weighted by Gasteiger charge is -2.07. The molecule has 0 atom stereocenters. The summed E-state index contributed by atoms with van der Waals surface area (Å²) in [5, 5.41) is 8.79. The summed E-state index contributed by atoms with van der Waals surface area (Å²) in [5.74, 6) is 0.116. The zero-order valence-electron chi connectivity index (χ0n) is 7.18. The summed E-state index contributed by atoms with van der Waals surface area (Å²) in [6, 6.07) is 2.78. The monoisotopic (exact) mass is 248 g/mol. The number of hydrogen-bond donors (Lipinski definition) is 1. The van der Waals surface area contributed by atoms with Gasteiger partial charge in [-0.05, 0) is 35.0 Å². The highest BCUT2D eigenvalue weighted by molar-refractivity contribution is 9.10. The van der Waals surface area contributed by atoms with E-state index in [1.807, 2.05) is 6.92 Å². The van der Waals surface area contributed by atoms with E-state index in [1.165, 1.54) is 12.1 Å². The molecule has 0 spiro atoms. The summed E-state index contributed by atoms with van der Waals surface area (Å²) in [6.45, 7) is 2.03. The van der Waals surface area contributed by atoms with Crippen LogP contribution in [-0.4, -0.2) is 11.7 Å². The first-order chi connectivity index (χ1) is 6.19. The number of rotatable bonds is 3. The first-order valence-corrected chi connectivity index (χ1v) is 4.70. The topological polar surface area (TPSA) is 29.5 Å². The molecule has 4 heteroatoms. The summed E-state index contributed by atoms with van der Waals surface area (Å²) in [7, 11) is 0. The number of ether oxygens (including phenoxy) is 1. The van der Waals surface area contributed by atoms with Crippen molar-refractivity contribution in [1.82, 2.24) is 0 Å². The van der Waals surface area contributed by atoms with Gasteiger partial charge < -0.3 is 9.84 Å². The Morgan fingerprint density at radius 3 is 2.77 bits per heavy atom. The van der Waals surface area contributed by atoms with Gasteiger partial charge in [-0.25, -0.2) is 4.39 Å². The Hall–Kier alpha value is -0.610. The minimum atomic E-state index is -0.433. The summed E-state index contributed by atoms with van der Waals surface area (Å²) in [6.07, 6.45) is 0. The average molecular weight is 249 g/mol. The van der Waals surface area contributed by atoms with Crippen molar-refractivity contribution >= 4 is 15.9 Å². The third-order valence-corrected chi connectivity index (χ3v) is 2.19.